The molecular weight excluding hydrogens is 454 g/mol. The molecule has 0 saturated carbocycles. The zero-order chi connectivity index (χ0) is 23.2. The smallest absolute Gasteiger partial charge is 0.283 e. The van der Waals surface area contributed by atoms with Crippen molar-refractivity contribution < 1.29 is 14.3 Å². The first-order valence-electron chi connectivity index (χ1n) is 10.6. The van der Waals surface area contributed by atoms with Gasteiger partial charge in [0.15, 0.2) is 5.17 Å². The minimum Gasteiger partial charge on any atom is -0.497 e. The number of hydrogen-bond donors (Lipinski definition) is 0. The number of nitrogens with zero attached hydrogens (tertiary/aromatic N) is 3. The zero-order valence-electron chi connectivity index (χ0n) is 18.8. The summed E-state index contributed by atoms with van der Waals surface area (Å²) in [5.41, 5.74) is 2.98. The second-order valence-electron chi connectivity index (χ2n) is 7.31. The lowest BCUT2D eigenvalue weighted by atomic mass is 10.2. The van der Waals surface area contributed by atoms with Crippen molar-refractivity contribution in [3.05, 3.63) is 75.9 Å². The van der Waals surface area contributed by atoms with Gasteiger partial charge in [-0.15, -0.1) is 11.3 Å². The molecule has 0 unspecified atom stereocenters. The minimum atomic E-state index is -0.175. The van der Waals surface area contributed by atoms with E-state index in [0.717, 1.165) is 34.9 Å². The van der Waals surface area contributed by atoms with Crippen LogP contribution >= 0.6 is 23.1 Å². The Morgan fingerprint density at radius 3 is 2.61 bits per heavy atom. The summed E-state index contributed by atoms with van der Waals surface area (Å²) in [6.07, 6.45) is 3.86. The summed E-state index contributed by atoms with van der Waals surface area (Å²) in [4.78, 5) is 24.4. The van der Waals surface area contributed by atoms with Crippen molar-refractivity contribution in [3.8, 4) is 11.5 Å². The largest absolute Gasteiger partial charge is 0.497 e. The highest BCUT2D eigenvalue weighted by Gasteiger charge is 2.32. The van der Waals surface area contributed by atoms with E-state index in [4.69, 9.17) is 19.5 Å². The molecule has 0 atom stereocenters. The maximum Gasteiger partial charge on any atom is 0.283 e. The molecule has 6 nitrogen and oxygen atoms in total. The van der Waals surface area contributed by atoms with E-state index >= 15 is 0 Å². The summed E-state index contributed by atoms with van der Waals surface area (Å²) < 4.78 is 10.6. The fourth-order valence-corrected chi connectivity index (χ4v) is 5.22. The second-order valence-corrected chi connectivity index (χ2v) is 9.20. The van der Waals surface area contributed by atoms with Crippen molar-refractivity contribution in [3.63, 3.8) is 0 Å². The number of ether oxygens (including phenoxy) is 2. The van der Waals surface area contributed by atoms with Crippen molar-refractivity contribution in [1.82, 2.24) is 4.98 Å². The van der Waals surface area contributed by atoms with Crippen molar-refractivity contribution in [2.75, 3.05) is 19.1 Å². The average Bonchev–Trinajstić information content (AvgIpc) is 3.42. The van der Waals surface area contributed by atoms with Gasteiger partial charge in [-0.3, -0.25) is 9.69 Å². The van der Waals surface area contributed by atoms with Gasteiger partial charge in [0.2, 0.25) is 0 Å². The standard InChI is InChI=1S/C25H25N3O3S2/c1-4-6-23-26-18(15-32-23)16-33-25-27-22(13-17-9-11-20(30-2)12-10-17)24(29)28(25)19-7-5-8-21(14-19)31-3/h5,7-15H,4,6,16H2,1-3H3/b22-13+. The van der Waals surface area contributed by atoms with Crippen molar-refractivity contribution in [2.45, 2.75) is 25.5 Å². The summed E-state index contributed by atoms with van der Waals surface area (Å²) in [7, 11) is 3.24. The number of amidine groups is 1. The highest BCUT2D eigenvalue weighted by Crippen LogP contribution is 2.32. The van der Waals surface area contributed by atoms with Crippen LogP contribution in [-0.4, -0.2) is 30.3 Å². The van der Waals surface area contributed by atoms with E-state index in [2.05, 4.69) is 12.3 Å². The van der Waals surface area contributed by atoms with Crippen LogP contribution in [0.15, 0.2) is 64.6 Å². The molecule has 3 aromatic rings. The Kier molecular flexibility index (Phi) is 7.47. The number of amides is 1. The number of carbonyl (C=O) groups is 1. The van der Waals surface area contributed by atoms with Crippen LogP contribution in [0.2, 0.25) is 0 Å². The van der Waals surface area contributed by atoms with Crippen LogP contribution < -0.4 is 14.4 Å². The fraction of sp³-hybridized carbons (Fsp3) is 0.240. The molecule has 0 N–H and O–H groups in total. The van der Waals surface area contributed by atoms with Gasteiger partial charge in [0.05, 0.1) is 30.6 Å². The number of thiazole rings is 1. The number of carbonyl (C=O) groups excluding carboxylic acids is 1. The minimum absolute atomic E-state index is 0.175. The van der Waals surface area contributed by atoms with E-state index in [9.17, 15) is 4.79 Å². The molecule has 170 valence electrons. The number of hydrogen-bond acceptors (Lipinski definition) is 7. The molecule has 8 heteroatoms. The van der Waals surface area contributed by atoms with Gasteiger partial charge < -0.3 is 9.47 Å². The van der Waals surface area contributed by atoms with E-state index in [1.807, 2.05) is 48.5 Å². The fourth-order valence-electron chi connectivity index (χ4n) is 3.31. The molecule has 0 fully saturated rings. The van der Waals surface area contributed by atoms with Crippen LogP contribution in [0.25, 0.3) is 6.08 Å². The normalized spacial score (nSPS) is 14.6. The van der Waals surface area contributed by atoms with Crippen LogP contribution in [0.3, 0.4) is 0 Å². The molecule has 0 radical (unpaired) electrons. The van der Waals surface area contributed by atoms with E-state index < -0.39 is 0 Å². The molecule has 4 rings (SSSR count). The van der Waals surface area contributed by atoms with Gasteiger partial charge in [-0.05, 0) is 48.7 Å². The molecule has 2 heterocycles. The predicted molar refractivity (Wildman–Crippen MR) is 136 cm³/mol. The van der Waals surface area contributed by atoms with Gasteiger partial charge >= 0.3 is 0 Å². The molecule has 1 aliphatic rings. The van der Waals surface area contributed by atoms with Gasteiger partial charge in [0, 0.05) is 17.2 Å². The number of methoxy groups -OCH3 is 2. The number of aliphatic imine (C=N–C) groups is 1. The van der Waals surface area contributed by atoms with Gasteiger partial charge in [-0.2, -0.15) is 0 Å². The lowest BCUT2D eigenvalue weighted by molar-refractivity contribution is -0.113. The summed E-state index contributed by atoms with van der Waals surface area (Å²) >= 11 is 3.19. The number of aromatic nitrogens is 1. The highest BCUT2D eigenvalue weighted by molar-refractivity contribution is 8.13. The van der Waals surface area contributed by atoms with Crippen molar-refractivity contribution in [2.24, 2.45) is 4.99 Å². The molecule has 1 aromatic heterocycles. The van der Waals surface area contributed by atoms with Crippen LogP contribution in [-0.2, 0) is 17.0 Å². The van der Waals surface area contributed by atoms with Crippen molar-refractivity contribution >= 4 is 45.9 Å². The molecule has 0 spiro atoms. The maximum atomic E-state index is 13.4. The van der Waals surface area contributed by atoms with E-state index in [1.165, 1.54) is 11.8 Å². The van der Waals surface area contributed by atoms with E-state index in [-0.39, 0.29) is 5.91 Å². The molecule has 0 aliphatic carbocycles. The Morgan fingerprint density at radius 2 is 1.88 bits per heavy atom. The van der Waals surface area contributed by atoms with Crippen molar-refractivity contribution in [1.29, 1.82) is 0 Å². The van der Waals surface area contributed by atoms with E-state index in [1.54, 1.807) is 36.5 Å². The average molecular weight is 480 g/mol. The maximum absolute atomic E-state index is 13.4. The third-order valence-electron chi connectivity index (χ3n) is 4.97. The summed E-state index contributed by atoms with van der Waals surface area (Å²) in [5.74, 6) is 1.91. The van der Waals surface area contributed by atoms with Crippen LogP contribution in [0.5, 0.6) is 11.5 Å². The summed E-state index contributed by atoms with van der Waals surface area (Å²) in [6, 6.07) is 15.0. The monoisotopic (exact) mass is 479 g/mol. The Labute approximate surface area is 202 Å². The second kappa shape index (κ2) is 10.7. The first-order valence-corrected chi connectivity index (χ1v) is 12.5. The molecule has 2 aromatic carbocycles. The van der Waals surface area contributed by atoms with Gasteiger partial charge in [0.25, 0.3) is 5.91 Å². The molecule has 33 heavy (non-hydrogen) atoms. The first kappa shape index (κ1) is 23.1. The third kappa shape index (κ3) is 5.46. The molecule has 1 amide bonds. The lowest BCUT2D eigenvalue weighted by Crippen LogP contribution is -2.30. The SMILES string of the molecule is CCCc1nc(CSC2=N/C(=C/c3ccc(OC)cc3)C(=O)N2c2cccc(OC)c2)cs1. The van der Waals surface area contributed by atoms with Gasteiger partial charge in [0.1, 0.15) is 17.2 Å². The highest BCUT2D eigenvalue weighted by atomic mass is 32.2. The number of rotatable bonds is 8. The quantitative estimate of drug-likeness (QED) is 0.383. The van der Waals surface area contributed by atoms with E-state index in [0.29, 0.717) is 28.1 Å². The Morgan fingerprint density at radius 1 is 1.09 bits per heavy atom. The van der Waals surface area contributed by atoms with Crippen LogP contribution in [0.4, 0.5) is 5.69 Å². The summed E-state index contributed by atoms with van der Waals surface area (Å²) in [6.45, 7) is 2.15. The molecule has 0 bridgehead atoms. The molecular formula is C25H25N3O3S2. The Hall–Kier alpha value is -3.10. The number of anilines is 1. The summed E-state index contributed by atoms with van der Waals surface area (Å²) in [5, 5.41) is 3.85. The lowest BCUT2D eigenvalue weighted by Gasteiger charge is -2.18. The number of benzene rings is 2. The first-order chi connectivity index (χ1) is 16.1. The molecule has 1 aliphatic heterocycles. The van der Waals surface area contributed by atoms with Crippen LogP contribution in [0.1, 0.15) is 29.6 Å². The van der Waals surface area contributed by atoms with Gasteiger partial charge in [-0.1, -0.05) is 36.9 Å². The Bertz CT molecular complexity index is 1190. The van der Waals surface area contributed by atoms with Crippen LogP contribution in [0, 0.1) is 0 Å². The number of aryl methyl sites for hydroxylation is 1. The zero-order valence-corrected chi connectivity index (χ0v) is 20.4. The predicted octanol–water partition coefficient (Wildman–Crippen LogP) is 5.79. The number of thioether (sulfide) groups is 1. The Balaban J connectivity index is 1.63. The van der Waals surface area contributed by atoms with Gasteiger partial charge in [-0.25, -0.2) is 9.98 Å². The topological polar surface area (TPSA) is 64.0 Å². The molecule has 0 saturated heterocycles. The third-order valence-corrected chi connectivity index (χ3v) is 6.90.